The lowest BCUT2D eigenvalue weighted by atomic mass is 9.90. The summed E-state index contributed by atoms with van der Waals surface area (Å²) in [5.41, 5.74) is 4.13. The van der Waals surface area contributed by atoms with Crippen LogP contribution in [0.15, 0.2) is 93.9 Å². The number of aryl methyl sites for hydroxylation is 2. The van der Waals surface area contributed by atoms with Gasteiger partial charge in [-0.25, -0.2) is 9.97 Å². The molecular formula is C31H30N6O2. The molecule has 0 fully saturated rings. The van der Waals surface area contributed by atoms with Crippen LogP contribution < -0.4 is 5.32 Å². The molecule has 0 saturated heterocycles. The van der Waals surface area contributed by atoms with Gasteiger partial charge in [-0.2, -0.15) is 0 Å². The maximum Gasteiger partial charge on any atom is 0.230 e. The van der Waals surface area contributed by atoms with E-state index in [0.717, 1.165) is 48.7 Å². The van der Waals surface area contributed by atoms with Crippen LogP contribution >= 0.6 is 0 Å². The number of rotatable bonds is 11. The number of nitrogens with one attached hydrogen (secondary N) is 1. The van der Waals surface area contributed by atoms with Crippen LogP contribution in [0.2, 0.25) is 0 Å². The van der Waals surface area contributed by atoms with E-state index in [1.165, 1.54) is 5.56 Å². The highest BCUT2D eigenvalue weighted by Crippen LogP contribution is 2.40. The van der Waals surface area contributed by atoms with Gasteiger partial charge in [0.2, 0.25) is 11.8 Å². The van der Waals surface area contributed by atoms with Gasteiger partial charge in [-0.05, 0) is 54.3 Å². The largest absolute Gasteiger partial charge is 0.438 e. The van der Waals surface area contributed by atoms with Crippen LogP contribution in [0.25, 0.3) is 22.2 Å². The molecule has 3 aromatic heterocycles. The number of anilines is 1. The van der Waals surface area contributed by atoms with E-state index in [0.29, 0.717) is 35.2 Å². The van der Waals surface area contributed by atoms with Gasteiger partial charge in [-0.15, -0.1) is 10.2 Å². The van der Waals surface area contributed by atoms with Crippen LogP contribution in [0.5, 0.6) is 0 Å². The van der Waals surface area contributed by atoms with Crippen molar-refractivity contribution in [1.29, 1.82) is 0 Å². The minimum Gasteiger partial charge on any atom is -0.438 e. The molecule has 1 N–H and O–H groups in total. The van der Waals surface area contributed by atoms with Gasteiger partial charge < -0.3 is 14.2 Å². The molecule has 8 nitrogen and oxygen atoms in total. The summed E-state index contributed by atoms with van der Waals surface area (Å²) < 4.78 is 12.8. The molecule has 0 spiro atoms. The molecule has 0 aliphatic heterocycles. The maximum atomic E-state index is 6.42. The third-order valence-corrected chi connectivity index (χ3v) is 7.05. The number of hydrogen-bond acceptors (Lipinski definition) is 8. The summed E-state index contributed by atoms with van der Waals surface area (Å²) >= 11 is 0. The van der Waals surface area contributed by atoms with Gasteiger partial charge in [-0.1, -0.05) is 80.8 Å². The van der Waals surface area contributed by atoms with Crippen LogP contribution in [0.3, 0.4) is 0 Å². The first kappa shape index (κ1) is 24.7. The number of fused-ring (bicyclic) bond motifs is 2. The lowest BCUT2D eigenvalue weighted by molar-refractivity contribution is 0.321. The molecule has 3 aromatic carbocycles. The molecule has 0 saturated carbocycles. The maximum absolute atomic E-state index is 6.42. The summed E-state index contributed by atoms with van der Waals surface area (Å²) in [4.78, 5) is 9.87. The smallest absolute Gasteiger partial charge is 0.230 e. The zero-order valence-corrected chi connectivity index (χ0v) is 21.9. The predicted octanol–water partition coefficient (Wildman–Crippen LogP) is 6.88. The highest BCUT2D eigenvalue weighted by Gasteiger charge is 2.45. The van der Waals surface area contributed by atoms with E-state index < -0.39 is 5.54 Å². The van der Waals surface area contributed by atoms with E-state index in [1.807, 2.05) is 54.6 Å². The van der Waals surface area contributed by atoms with Gasteiger partial charge >= 0.3 is 0 Å². The average Bonchev–Trinajstić information content (AvgIpc) is 3.62. The van der Waals surface area contributed by atoms with Gasteiger partial charge in [-0.3, -0.25) is 0 Å². The predicted molar refractivity (Wildman–Crippen MR) is 150 cm³/mol. The number of nitrogens with zero attached hydrogens (tertiary/aromatic N) is 5. The summed E-state index contributed by atoms with van der Waals surface area (Å²) in [5, 5.41) is 16.2. The van der Waals surface area contributed by atoms with Crippen molar-refractivity contribution in [2.45, 2.75) is 51.0 Å². The van der Waals surface area contributed by atoms with Gasteiger partial charge in [0, 0.05) is 5.56 Å². The molecule has 3 heterocycles. The summed E-state index contributed by atoms with van der Waals surface area (Å²) in [7, 11) is 0. The Kier molecular flexibility index (Phi) is 6.99. The summed E-state index contributed by atoms with van der Waals surface area (Å²) in [6.45, 7) is 2.18. The fourth-order valence-corrected chi connectivity index (χ4v) is 4.93. The fraction of sp³-hybridized carbons (Fsp3) is 0.258. The van der Waals surface area contributed by atoms with Gasteiger partial charge in [0.1, 0.15) is 11.0 Å². The minimum absolute atomic E-state index is 0.485. The standard InChI is InChI=1S/C31H30N6O2/c1-2-3-11-20-31(29-33-24-14-7-9-16-26(24)38-29,30-34-25-15-8-10-17-27(25)39-30)35-28-23(21-32-37-36-28)19-18-22-12-5-4-6-13-22/h4-10,12-17,21H,2-3,11,18-20H2,1H3,(H,32,35,36). The second kappa shape index (κ2) is 11.0. The lowest BCUT2D eigenvalue weighted by Crippen LogP contribution is -2.38. The van der Waals surface area contributed by atoms with E-state index in [1.54, 1.807) is 6.20 Å². The normalized spacial score (nSPS) is 11.8. The van der Waals surface area contributed by atoms with Crippen molar-refractivity contribution in [1.82, 2.24) is 25.4 Å². The fourth-order valence-electron chi connectivity index (χ4n) is 4.93. The van der Waals surface area contributed by atoms with Crippen molar-refractivity contribution in [2.75, 3.05) is 5.32 Å². The van der Waals surface area contributed by atoms with Crippen LogP contribution in [0, 0.1) is 0 Å². The Hall–Kier alpha value is -4.59. The van der Waals surface area contributed by atoms with Crippen LogP contribution in [0.1, 0.15) is 55.5 Å². The summed E-state index contributed by atoms with van der Waals surface area (Å²) in [5.74, 6) is 1.58. The molecule has 8 heteroatoms. The molecule has 0 amide bonds. The SMILES string of the molecule is CCCCCC(Nc1nnncc1CCc1ccccc1)(c1nc2ccccc2o1)c1nc2ccccc2o1. The molecule has 6 rings (SSSR count). The Morgan fingerprint density at radius 1 is 0.744 bits per heavy atom. The van der Waals surface area contributed by atoms with Crippen molar-refractivity contribution < 1.29 is 8.83 Å². The van der Waals surface area contributed by atoms with E-state index in [2.05, 4.69) is 51.9 Å². The van der Waals surface area contributed by atoms with E-state index >= 15 is 0 Å². The van der Waals surface area contributed by atoms with Gasteiger partial charge in [0.25, 0.3) is 0 Å². The third kappa shape index (κ3) is 5.10. The molecule has 0 atom stereocenters. The number of para-hydroxylation sites is 4. The first-order chi connectivity index (χ1) is 19.2. The number of aromatic nitrogens is 5. The highest BCUT2D eigenvalue weighted by atomic mass is 16.4. The molecule has 0 aliphatic rings. The lowest BCUT2D eigenvalue weighted by Gasteiger charge is -2.30. The molecule has 0 unspecified atom stereocenters. The number of unbranched alkanes of at least 4 members (excludes halogenated alkanes) is 2. The summed E-state index contributed by atoms with van der Waals surface area (Å²) in [6, 6.07) is 25.9. The molecule has 6 aromatic rings. The third-order valence-electron chi connectivity index (χ3n) is 7.05. The van der Waals surface area contributed by atoms with Crippen molar-refractivity contribution in [3.05, 3.63) is 108 Å². The van der Waals surface area contributed by atoms with Gasteiger partial charge in [0.15, 0.2) is 22.5 Å². The first-order valence-electron chi connectivity index (χ1n) is 13.5. The Morgan fingerprint density at radius 3 is 2.03 bits per heavy atom. The van der Waals surface area contributed by atoms with Crippen molar-refractivity contribution >= 4 is 28.0 Å². The topological polar surface area (TPSA) is 103 Å². The highest BCUT2D eigenvalue weighted by molar-refractivity contribution is 5.74. The molecule has 0 radical (unpaired) electrons. The Labute approximate surface area is 226 Å². The molecule has 0 aliphatic carbocycles. The van der Waals surface area contributed by atoms with E-state index in [-0.39, 0.29) is 0 Å². The van der Waals surface area contributed by atoms with Crippen LogP contribution in [-0.2, 0) is 18.4 Å². The minimum atomic E-state index is -1.01. The Bertz CT molecular complexity index is 1540. The Morgan fingerprint density at radius 2 is 1.38 bits per heavy atom. The second-order valence-corrected chi connectivity index (χ2v) is 9.75. The molecule has 196 valence electrons. The van der Waals surface area contributed by atoms with Crippen LogP contribution in [0.4, 0.5) is 5.82 Å². The molecular weight excluding hydrogens is 488 g/mol. The van der Waals surface area contributed by atoms with Crippen molar-refractivity contribution in [2.24, 2.45) is 0 Å². The van der Waals surface area contributed by atoms with Crippen molar-refractivity contribution in [3.63, 3.8) is 0 Å². The van der Waals surface area contributed by atoms with Crippen molar-refractivity contribution in [3.8, 4) is 0 Å². The van der Waals surface area contributed by atoms with E-state index in [9.17, 15) is 0 Å². The van der Waals surface area contributed by atoms with Crippen LogP contribution in [-0.4, -0.2) is 25.4 Å². The average molecular weight is 519 g/mol. The molecule has 0 bridgehead atoms. The molecule has 39 heavy (non-hydrogen) atoms. The number of hydrogen-bond donors (Lipinski definition) is 1. The number of benzene rings is 3. The quantitative estimate of drug-likeness (QED) is 0.185. The first-order valence-corrected chi connectivity index (χ1v) is 13.5. The summed E-state index contributed by atoms with van der Waals surface area (Å²) in [6.07, 6.45) is 6.99. The Balaban J connectivity index is 1.48. The second-order valence-electron chi connectivity index (χ2n) is 9.75. The zero-order valence-electron chi connectivity index (χ0n) is 21.9. The van der Waals surface area contributed by atoms with Gasteiger partial charge in [0.05, 0.1) is 6.20 Å². The zero-order chi connectivity index (χ0) is 26.5. The van der Waals surface area contributed by atoms with E-state index in [4.69, 9.17) is 18.8 Å². The number of oxazole rings is 2. The monoisotopic (exact) mass is 518 g/mol.